The quantitative estimate of drug-likeness (QED) is 0.847. The van der Waals surface area contributed by atoms with Gasteiger partial charge in [0.05, 0.1) is 0 Å². The van der Waals surface area contributed by atoms with Gasteiger partial charge in [-0.2, -0.15) is 0 Å². The lowest BCUT2D eigenvalue weighted by Crippen LogP contribution is -2.42. The fraction of sp³-hybridized carbons (Fsp3) is 0.524. The molecular formula is C21H31N5O. The van der Waals surface area contributed by atoms with Crippen LogP contribution in [0, 0.1) is 6.92 Å². The molecule has 1 aliphatic rings. The zero-order valence-electron chi connectivity index (χ0n) is 16.7. The summed E-state index contributed by atoms with van der Waals surface area (Å²) in [5.41, 5.74) is 2.03. The van der Waals surface area contributed by atoms with Gasteiger partial charge in [-0.15, -0.1) is 0 Å². The van der Waals surface area contributed by atoms with Crippen molar-refractivity contribution in [1.82, 2.24) is 19.4 Å². The number of nitrogens with zero attached hydrogens (tertiary/aromatic N) is 4. The minimum Gasteiger partial charge on any atom is -0.335 e. The molecule has 1 saturated heterocycles. The highest BCUT2D eigenvalue weighted by Gasteiger charge is 2.27. The minimum atomic E-state index is -0.0192. The Morgan fingerprint density at radius 3 is 2.81 bits per heavy atom. The van der Waals surface area contributed by atoms with Crippen LogP contribution >= 0.6 is 0 Å². The first kappa shape index (κ1) is 19.4. The van der Waals surface area contributed by atoms with E-state index in [9.17, 15) is 4.79 Å². The number of nitrogens with one attached hydrogen (secondary N) is 1. The van der Waals surface area contributed by atoms with Crippen LogP contribution in [0.3, 0.4) is 0 Å². The van der Waals surface area contributed by atoms with Gasteiger partial charge in [-0.05, 0) is 59.0 Å². The molecule has 1 aromatic carbocycles. The van der Waals surface area contributed by atoms with Crippen LogP contribution in [0.1, 0.15) is 36.6 Å². The summed E-state index contributed by atoms with van der Waals surface area (Å²) in [6, 6.07) is 7.91. The standard InChI is InChI=1S/C21H31N5O/c1-17-7-9-19(10-8-17)23-21(27)26-13-4-6-18(16-26)20-22-11-15-25(20)14-5-12-24(2)3/h7-11,15,18H,4-6,12-14,16H2,1-3H3,(H,23,27). The van der Waals surface area contributed by atoms with Crippen molar-refractivity contribution < 1.29 is 4.79 Å². The lowest BCUT2D eigenvalue weighted by molar-refractivity contribution is 0.190. The summed E-state index contributed by atoms with van der Waals surface area (Å²) in [5.74, 6) is 1.42. The van der Waals surface area contributed by atoms with Gasteiger partial charge in [0.2, 0.25) is 0 Å². The Balaban J connectivity index is 1.60. The van der Waals surface area contributed by atoms with Crippen molar-refractivity contribution in [2.24, 2.45) is 0 Å². The first-order valence-electron chi connectivity index (χ1n) is 9.81. The third-order valence-corrected chi connectivity index (χ3v) is 5.13. The van der Waals surface area contributed by atoms with Crippen LogP contribution in [-0.2, 0) is 6.54 Å². The third kappa shape index (κ3) is 5.32. The van der Waals surface area contributed by atoms with Crippen LogP contribution in [0.2, 0.25) is 0 Å². The molecule has 1 fully saturated rings. The third-order valence-electron chi connectivity index (χ3n) is 5.13. The SMILES string of the molecule is Cc1ccc(NC(=O)N2CCCC(c3nccn3CCCN(C)C)C2)cc1. The highest BCUT2D eigenvalue weighted by atomic mass is 16.2. The summed E-state index contributed by atoms with van der Waals surface area (Å²) in [5, 5.41) is 3.02. The predicted molar refractivity (Wildman–Crippen MR) is 109 cm³/mol. The summed E-state index contributed by atoms with van der Waals surface area (Å²) >= 11 is 0. The summed E-state index contributed by atoms with van der Waals surface area (Å²) in [6.07, 6.45) is 7.14. The van der Waals surface area contributed by atoms with E-state index in [1.807, 2.05) is 42.3 Å². The maximum absolute atomic E-state index is 12.7. The average molecular weight is 370 g/mol. The molecule has 0 radical (unpaired) electrons. The molecule has 0 spiro atoms. The molecule has 2 heterocycles. The number of amides is 2. The number of aryl methyl sites for hydroxylation is 2. The number of carbonyl (C=O) groups excluding carboxylic acids is 1. The van der Waals surface area contributed by atoms with Gasteiger partial charge in [-0.3, -0.25) is 0 Å². The summed E-state index contributed by atoms with van der Waals surface area (Å²) in [6.45, 7) is 5.60. The van der Waals surface area contributed by atoms with E-state index < -0.39 is 0 Å². The maximum atomic E-state index is 12.7. The molecular weight excluding hydrogens is 338 g/mol. The fourth-order valence-corrected chi connectivity index (χ4v) is 3.64. The van der Waals surface area contributed by atoms with Crippen LogP contribution < -0.4 is 5.32 Å². The van der Waals surface area contributed by atoms with Crippen molar-refractivity contribution in [1.29, 1.82) is 0 Å². The van der Waals surface area contributed by atoms with Crippen molar-refractivity contribution in [2.75, 3.05) is 39.0 Å². The summed E-state index contributed by atoms with van der Waals surface area (Å²) in [7, 11) is 4.20. The molecule has 2 aromatic rings. The van der Waals surface area contributed by atoms with E-state index in [-0.39, 0.29) is 6.03 Å². The van der Waals surface area contributed by atoms with Crippen molar-refractivity contribution >= 4 is 11.7 Å². The summed E-state index contributed by atoms with van der Waals surface area (Å²) < 4.78 is 2.26. The van der Waals surface area contributed by atoms with Gasteiger partial charge in [-0.1, -0.05) is 17.7 Å². The van der Waals surface area contributed by atoms with E-state index in [1.54, 1.807) is 0 Å². The molecule has 1 unspecified atom stereocenters. The number of rotatable bonds is 6. The smallest absolute Gasteiger partial charge is 0.321 e. The molecule has 0 saturated carbocycles. The lowest BCUT2D eigenvalue weighted by Gasteiger charge is -2.32. The summed E-state index contributed by atoms with van der Waals surface area (Å²) in [4.78, 5) is 21.4. The van der Waals surface area contributed by atoms with Gasteiger partial charge in [-0.25, -0.2) is 9.78 Å². The molecule has 146 valence electrons. The number of hydrogen-bond donors (Lipinski definition) is 1. The van der Waals surface area contributed by atoms with Crippen LogP contribution in [0.4, 0.5) is 10.5 Å². The number of benzene rings is 1. The molecule has 1 atom stereocenters. The van der Waals surface area contributed by atoms with E-state index in [1.165, 1.54) is 5.56 Å². The average Bonchev–Trinajstić information content (AvgIpc) is 3.12. The van der Waals surface area contributed by atoms with Gasteiger partial charge in [0.1, 0.15) is 5.82 Å². The fourth-order valence-electron chi connectivity index (χ4n) is 3.64. The second-order valence-electron chi connectivity index (χ2n) is 7.72. The number of hydrogen-bond acceptors (Lipinski definition) is 3. The molecule has 3 rings (SSSR count). The number of piperidine rings is 1. The van der Waals surface area contributed by atoms with Crippen LogP contribution in [0.5, 0.6) is 0 Å². The molecule has 2 amide bonds. The molecule has 6 heteroatoms. The monoisotopic (exact) mass is 369 g/mol. The van der Waals surface area contributed by atoms with E-state index in [4.69, 9.17) is 0 Å². The van der Waals surface area contributed by atoms with Gasteiger partial charge < -0.3 is 19.7 Å². The van der Waals surface area contributed by atoms with Gasteiger partial charge >= 0.3 is 6.03 Å². The number of anilines is 1. The molecule has 1 aliphatic heterocycles. The van der Waals surface area contributed by atoms with Crippen molar-refractivity contribution in [3.8, 4) is 0 Å². The predicted octanol–water partition coefficient (Wildman–Crippen LogP) is 3.55. The normalized spacial score (nSPS) is 17.3. The minimum absolute atomic E-state index is 0.0192. The second kappa shape index (κ2) is 9.04. The highest BCUT2D eigenvalue weighted by Crippen LogP contribution is 2.26. The molecule has 27 heavy (non-hydrogen) atoms. The first-order chi connectivity index (χ1) is 13.0. The molecule has 0 bridgehead atoms. The van der Waals surface area contributed by atoms with Gasteiger partial charge in [0, 0.05) is 43.6 Å². The maximum Gasteiger partial charge on any atom is 0.321 e. The molecule has 1 aromatic heterocycles. The Morgan fingerprint density at radius 2 is 2.07 bits per heavy atom. The molecule has 1 N–H and O–H groups in total. The number of likely N-dealkylation sites (tertiary alicyclic amines) is 1. The Bertz CT molecular complexity index is 737. The van der Waals surface area contributed by atoms with Crippen molar-refractivity contribution in [3.63, 3.8) is 0 Å². The van der Waals surface area contributed by atoms with E-state index in [0.29, 0.717) is 5.92 Å². The Morgan fingerprint density at radius 1 is 1.30 bits per heavy atom. The first-order valence-corrected chi connectivity index (χ1v) is 9.81. The highest BCUT2D eigenvalue weighted by molar-refractivity contribution is 5.89. The van der Waals surface area contributed by atoms with Crippen LogP contribution in [0.25, 0.3) is 0 Å². The Kier molecular flexibility index (Phi) is 6.50. The van der Waals surface area contributed by atoms with Crippen molar-refractivity contribution in [3.05, 3.63) is 48.0 Å². The molecule has 0 aliphatic carbocycles. The van der Waals surface area contributed by atoms with E-state index >= 15 is 0 Å². The number of urea groups is 1. The zero-order valence-corrected chi connectivity index (χ0v) is 16.7. The van der Waals surface area contributed by atoms with Gasteiger partial charge in [0.25, 0.3) is 0 Å². The van der Waals surface area contributed by atoms with E-state index in [0.717, 1.165) is 57.0 Å². The largest absolute Gasteiger partial charge is 0.335 e. The Hall–Kier alpha value is -2.34. The number of carbonyl (C=O) groups is 1. The lowest BCUT2D eigenvalue weighted by atomic mass is 9.97. The number of imidazole rings is 1. The van der Waals surface area contributed by atoms with E-state index in [2.05, 4.69) is 40.1 Å². The number of aromatic nitrogens is 2. The van der Waals surface area contributed by atoms with Crippen LogP contribution in [-0.4, -0.2) is 59.1 Å². The Labute approximate surface area is 162 Å². The zero-order chi connectivity index (χ0) is 19.2. The molecule has 6 nitrogen and oxygen atoms in total. The van der Waals surface area contributed by atoms with Crippen molar-refractivity contribution in [2.45, 2.75) is 38.6 Å². The topological polar surface area (TPSA) is 53.4 Å². The second-order valence-corrected chi connectivity index (χ2v) is 7.72. The van der Waals surface area contributed by atoms with Crippen LogP contribution in [0.15, 0.2) is 36.7 Å². The van der Waals surface area contributed by atoms with Gasteiger partial charge in [0.15, 0.2) is 0 Å².